The van der Waals surface area contributed by atoms with Crippen LogP contribution in [0.15, 0.2) is 76.0 Å². The number of hydrogen-bond donors (Lipinski definition) is 1. The Kier molecular flexibility index (Phi) is 7.73. The summed E-state index contributed by atoms with van der Waals surface area (Å²) in [6, 6.07) is 18.2. The standard InChI is InChI=1S/C23H25N3O3S2/c1-18-8-10-21(11-9-18)31(28,29)26(14-12-20-6-4-3-5-7-20)17-23(27)25-24-16-22-19(2)13-15-30-22/h3-11,13,15-16H,12,14,17H2,1-2H3,(H,25,27)/b24-16+. The smallest absolute Gasteiger partial charge is 0.255 e. The van der Waals surface area contributed by atoms with Gasteiger partial charge in [0.2, 0.25) is 10.0 Å². The average molecular weight is 456 g/mol. The first-order valence-corrected chi connectivity index (χ1v) is 12.1. The Morgan fingerprint density at radius 2 is 1.77 bits per heavy atom. The first-order valence-electron chi connectivity index (χ1n) is 9.83. The third-order valence-electron chi connectivity index (χ3n) is 4.74. The maximum atomic E-state index is 13.2. The van der Waals surface area contributed by atoms with E-state index in [2.05, 4.69) is 10.5 Å². The monoisotopic (exact) mass is 455 g/mol. The van der Waals surface area contributed by atoms with Crippen molar-refractivity contribution >= 4 is 33.5 Å². The van der Waals surface area contributed by atoms with Crippen LogP contribution in [-0.2, 0) is 21.2 Å². The molecular formula is C23H25N3O3S2. The lowest BCUT2D eigenvalue weighted by Crippen LogP contribution is -2.40. The number of hydrazone groups is 1. The zero-order valence-corrected chi connectivity index (χ0v) is 19.1. The van der Waals surface area contributed by atoms with Crippen LogP contribution in [0.1, 0.15) is 21.6 Å². The third-order valence-corrected chi connectivity index (χ3v) is 7.56. The number of carbonyl (C=O) groups is 1. The Hall–Kier alpha value is -2.81. The van der Waals surface area contributed by atoms with Crippen molar-refractivity contribution in [1.82, 2.24) is 9.73 Å². The van der Waals surface area contributed by atoms with Crippen molar-refractivity contribution in [2.45, 2.75) is 25.2 Å². The lowest BCUT2D eigenvalue weighted by Gasteiger charge is -2.21. The largest absolute Gasteiger partial charge is 0.272 e. The van der Waals surface area contributed by atoms with E-state index in [0.29, 0.717) is 6.42 Å². The molecule has 0 spiro atoms. The topological polar surface area (TPSA) is 78.8 Å². The van der Waals surface area contributed by atoms with Crippen LogP contribution in [0, 0.1) is 13.8 Å². The number of carbonyl (C=O) groups excluding carboxylic acids is 1. The number of hydrogen-bond acceptors (Lipinski definition) is 5. The van der Waals surface area contributed by atoms with Gasteiger partial charge in [0.25, 0.3) is 5.91 Å². The number of amides is 1. The summed E-state index contributed by atoms with van der Waals surface area (Å²) >= 11 is 1.52. The van der Waals surface area contributed by atoms with Crippen LogP contribution in [0.25, 0.3) is 0 Å². The first-order chi connectivity index (χ1) is 14.9. The summed E-state index contributed by atoms with van der Waals surface area (Å²) < 4.78 is 27.6. The van der Waals surface area contributed by atoms with E-state index in [9.17, 15) is 13.2 Å². The van der Waals surface area contributed by atoms with Crippen molar-refractivity contribution in [3.8, 4) is 0 Å². The molecule has 3 aromatic rings. The second kappa shape index (κ2) is 10.5. The summed E-state index contributed by atoms with van der Waals surface area (Å²) in [5.41, 5.74) is 5.47. The molecule has 3 rings (SSSR count). The summed E-state index contributed by atoms with van der Waals surface area (Å²) in [4.78, 5) is 13.6. The van der Waals surface area contributed by atoms with Crippen LogP contribution >= 0.6 is 11.3 Å². The average Bonchev–Trinajstić information content (AvgIpc) is 3.16. The van der Waals surface area contributed by atoms with E-state index in [4.69, 9.17) is 0 Å². The van der Waals surface area contributed by atoms with E-state index in [1.54, 1.807) is 30.5 Å². The quantitative estimate of drug-likeness (QED) is 0.394. The maximum Gasteiger partial charge on any atom is 0.255 e. The lowest BCUT2D eigenvalue weighted by molar-refractivity contribution is -0.121. The Morgan fingerprint density at radius 3 is 2.42 bits per heavy atom. The van der Waals surface area contributed by atoms with E-state index >= 15 is 0 Å². The molecule has 0 atom stereocenters. The molecule has 1 heterocycles. The molecule has 1 N–H and O–H groups in total. The number of sulfonamides is 1. The molecule has 6 nitrogen and oxygen atoms in total. The molecule has 0 saturated carbocycles. The molecule has 0 radical (unpaired) electrons. The van der Waals surface area contributed by atoms with Crippen LogP contribution in [0.5, 0.6) is 0 Å². The van der Waals surface area contributed by atoms with Crippen molar-refractivity contribution in [2.24, 2.45) is 5.10 Å². The van der Waals surface area contributed by atoms with Crippen LogP contribution in [0.4, 0.5) is 0 Å². The van der Waals surface area contributed by atoms with Gasteiger partial charge in [-0.3, -0.25) is 4.79 Å². The second-order valence-corrected chi connectivity index (χ2v) is 10.0. The molecule has 0 fully saturated rings. The SMILES string of the molecule is Cc1ccc(S(=O)(=O)N(CCc2ccccc2)CC(=O)N/N=C/c2sccc2C)cc1. The minimum atomic E-state index is -3.84. The van der Waals surface area contributed by atoms with Gasteiger partial charge in [-0.25, -0.2) is 13.8 Å². The molecule has 1 aromatic heterocycles. The van der Waals surface area contributed by atoms with Gasteiger partial charge in [-0.2, -0.15) is 9.41 Å². The molecule has 31 heavy (non-hydrogen) atoms. The van der Waals surface area contributed by atoms with Gasteiger partial charge in [-0.1, -0.05) is 48.0 Å². The normalized spacial score (nSPS) is 11.8. The molecule has 0 aliphatic carbocycles. The summed E-state index contributed by atoms with van der Waals surface area (Å²) in [7, 11) is -3.84. The zero-order chi connectivity index (χ0) is 22.3. The number of benzene rings is 2. The fraction of sp³-hybridized carbons (Fsp3) is 0.217. The van der Waals surface area contributed by atoms with Gasteiger partial charge in [0.1, 0.15) is 0 Å². The van der Waals surface area contributed by atoms with Crippen molar-refractivity contribution in [3.63, 3.8) is 0 Å². The van der Waals surface area contributed by atoms with Gasteiger partial charge in [0, 0.05) is 11.4 Å². The van der Waals surface area contributed by atoms with E-state index in [1.807, 2.05) is 55.6 Å². The highest BCUT2D eigenvalue weighted by molar-refractivity contribution is 7.89. The van der Waals surface area contributed by atoms with Crippen LogP contribution in [0.3, 0.4) is 0 Å². The molecule has 0 aliphatic heterocycles. The number of nitrogens with zero attached hydrogens (tertiary/aromatic N) is 2. The summed E-state index contributed by atoms with van der Waals surface area (Å²) in [6.07, 6.45) is 2.07. The number of nitrogens with one attached hydrogen (secondary N) is 1. The molecule has 8 heteroatoms. The highest BCUT2D eigenvalue weighted by atomic mass is 32.2. The molecular weight excluding hydrogens is 430 g/mol. The van der Waals surface area contributed by atoms with Crippen LogP contribution in [0.2, 0.25) is 0 Å². The van der Waals surface area contributed by atoms with Gasteiger partial charge >= 0.3 is 0 Å². The van der Waals surface area contributed by atoms with Gasteiger partial charge < -0.3 is 0 Å². The number of aryl methyl sites for hydroxylation is 2. The van der Waals surface area contributed by atoms with Crippen LogP contribution < -0.4 is 5.43 Å². The van der Waals surface area contributed by atoms with Crippen molar-refractivity contribution in [2.75, 3.05) is 13.1 Å². The lowest BCUT2D eigenvalue weighted by atomic mass is 10.1. The minimum absolute atomic E-state index is 0.164. The highest BCUT2D eigenvalue weighted by Crippen LogP contribution is 2.17. The van der Waals surface area contributed by atoms with Crippen molar-refractivity contribution in [1.29, 1.82) is 0 Å². The van der Waals surface area contributed by atoms with E-state index in [0.717, 1.165) is 21.6 Å². The predicted molar refractivity (Wildman–Crippen MR) is 125 cm³/mol. The predicted octanol–water partition coefficient (Wildman–Crippen LogP) is 3.75. The molecule has 0 unspecified atom stereocenters. The highest BCUT2D eigenvalue weighted by Gasteiger charge is 2.26. The molecule has 0 aliphatic rings. The van der Waals surface area contributed by atoms with Gasteiger partial charge in [-0.05, 0) is 55.0 Å². The third kappa shape index (κ3) is 6.33. The van der Waals surface area contributed by atoms with Crippen molar-refractivity contribution in [3.05, 3.63) is 87.6 Å². The van der Waals surface area contributed by atoms with Gasteiger partial charge in [0.15, 0.2) is 0 Å². The Morgan fingerprint density at radius 1 is 1.06 bits per heavy atom. The fourth-order valence-corrected chi connectivity index (χ4v) is 5.10. The summed E-state index contributed by atoms with van der Waals surface area (Å²) in [5.74, 6) is -0.491. The molecule has 162 valence electrons. The molecule has 2 aromatic carbocycles. The van der Waals surface area contributed by atoms with Crippen molar-refractivity contribution < 1.29 is 13.2 Å². The summed E-state index contributed by atoms with van der Waals surface area (Å²) in [5, 5.41) is 5.92. The molecule has 0 saturated heterocycles. The molecule has 1 amide bonds. The molecule has 0 bridgehead atoms. The number of thiophene rings is 1. The minimum Gasteiger partial charge on any atom is -0.272 e. The van der Waals surface area contributed by atoms with Gasteiger partial charge in [0.05, 0.1) is 17.7 Å². The Labute approximate surface area is 187 Å². The first kappa shape index (κ1) is 22.9. The maximum absolute atomic E-state index is 13.2. The van der Waals surface area contributed by atoms with Crippen LogP contribution in [-0.4, -0.2) is 37.9 Å². The van der Waals surface area contributed by atoms with Gasteiger partial charge in [-0.15, -0.1) is 11.3 Å². The zero-order valence-electron chi connectivity index (χ0n) is 17.5. The Balaban J connectivity index is 1.74. The second-order valence-electron chi connectivity index (χ2n) is 7.15. The van der Waals surface area contributed by atoms with E-state index in [1.165, 1.54) is 15.6 Å². The van der Waals surface area contributed by atoms with E-state index in [-0.39, 0.29) is 18.0 Å². The number of rotatable bonds is 9. The van der Waals surface area contributed by atoms with E-state index < -0.39 is 15.9 Å². The summed E-state index contributed by atoms with van der Waals surface area (Å²) in [6.45, 7) is 3.72. The Bertz CT molecular complexity index is 1140. The fourth-order valence-electron chi connectivity index (χ4n) is 2.92.